The second-order valence-corrected chi connectivity index (χ2v) is 6.17. The summed E-state index contributed by atoms with van der Waals surface area (Å²) in [5.41, 5.74) is 0.521. The predicted molar refractivity (Wildman–Crippen MR) is 54.3 cm³/mol. The fraction of sp³-hybridized carbons (Fsp3) is 1.00. The van der Waals surface area contributed by atoms with E-state index in [4.69, 9.17) is 16.3 Å². The molecule has 0 bridgehead atoms. The highest BCUT2D eigenvalue weighted by atomic mass is 35.5. The van der Waals surface area contributed by atoms with Crippen LogP contribution in [-0.2, 0) is 4.74 Å². The molecular weight excluding hydrogens is 176 g/mol. The molecule has 0 amide bonds. The maximum atomic E-state index is 5.36. The molecule has 1 nitrogen and oxygen atoms in total. The molecule has 0 aliphatic heterocycles. The molecule has 3 heteroatoms. The Hall–Kier alpha value is 0.467. The fourth-order valence-electron chi connectivity index (χ4n) is 0.914. The molecule has 0 aromatic rings. The third kappa shape index (κ3) is 10.5. The number of halogens is 1. The average molecular weight is 195 g/mol. The van der Waals surface area contributed by atoms with Crippen molar-refractivity contribution in [3.63, 3.8) is 0 Å². The van der Waals surface area contributed by atoms with Gasteiger partial charge in [0.05, 0.1) is 0 Å². The maximum absolute atomic E-state index is 5.36. The van der Waals surface area contributed by atoms with Crippen LogP contribution in [0, 0.1) is 5.41 Å². The van der Waals surface area contributed by atoms with Crippen molar-refractivity contribution in [2.75, 3.05) is 12.7 Å². The molecule has 0 fully saturated rings. The Balaban J connectivity index is 3.02. The van der Waals surface area contributed by atoms with Crippen LogP contribution in [-0.4, -0.2) is 22.2 Å². The third-order valence-corrected chi connectivity index (χ3v) is 4.34. The van der Waals surface area contributed by atoms with Crippen molar-refractivity contribution in [2.45, 2.75) is 32.9 Å². The van der Waals surface area contributed by atoms with E-state index in [-0.39, 0.29) is 9.52 Å². The van der Waals surface area contributed by atoms with E-state index in [2.05, 4.69) is 20.8 Å². The monoisotopic (exact) mass is 194 g/mol. The van der Waals surface area contributed by atoms with E-state index in [0.717, 1.165) is 6.61 Å². The minimum absolute atomic E-state index is 0.103. The standard InChI is InChI=1S/C8H19ClOSi/c1-8(2,3)6-11-5-4-10-7-9/h4-7,11H2,1-3H3. The zero-order chi connectivity index (χ0) is 8.74. The number of hydrogen-bond acceptors (Lipinski definition) is 1. The van der Waals surface area contributed by atoms with Gasteiger partial charge in [0.1, 0.15) is 6.07 Å². The highest BCUT2D eigenvalue weighted by Crippen LogP contribution is 2.18. The molecule has 0 spiro atoms. The van der Waals surface area contributed by atoms with Crippen molar-refractivity contribution in [1.82, 2.24) is 0 Å². The molecule has 0 atom stereocenters. The minimum Gasteiger partial charge on any atom is -0.366 e. The lowest BCUT2D eigenvalue weighted by Crippen LogP contribution is -2.09. The summed E-state index contributed by atoms with van der Waals surface area (Å²) in [7, 11) is 0.103. The number of alkyl halides is 1. The lowest BCUT2D eigenvalue weighted by atomic mass is 10.0. The summed E-state index contributed by atoms with van der Waals surface area (Å²) < 4.78 is 5.05. The van der Waals surface area contributed by atoms with Crippen molar-refractivity contribution in [1.29, 1.82) is 0 Å². The maximum Gasteiger partial charge on any atom is 0.120 e. The lowest BCUT2D eigenvalue weighted by Gasteiger charge is -2.16. The summed E-state index contributed by atoms with van der Waals surface area (Å²) in [5.74, 6) is 0. The van der Waals surface area contributed by atoms with Gasteiger partial charge in [-0.2, -0.15) is 0 Å². The van der Waals surface area contributed by atoms with Crippen molar-refractivity contribution in [3.05, 3.63) is 0 Å². The van der Waals surface area contributed by atoms with Crippen LogP contribution in [0.4, 0.5) is 0 Å². The first-order valence-electron chi connectivity index (χ1n) is 4.20. The van der Waals surface area contributed by atoms with Crippen LogP contribution in [0.3, 0.4) is 0 Å². The van der Waals surface area contributed by atoms with Crippen LogP contribution in [0.15, 0.2) is 0 Å². The van der Waals surface area contributed by atoms with Crippen LogP contribution in [0.1, 0.15) is 20.8 Å². The number of rotatable bonds is 5. The SMILES string of the molecule is CC(C)(C)C[SiH2]CCOCCl. The van der Waals surface area contributed by atoms with Crippen molar-refractivity contribution < 1.29 is 4.74 Å². The van der Waals surface area contributed by atoms with Crippen LogP contribution in [0.25, 0.3) is 0 Å². The van der Waals surface area contributed by atoms with Crippen molar-refractivity contribution in [3.8, 4) is 0 Å². The van der Waals surface area contributed by atoms with Crippen molar-refractivity contribution in [2.24, 2.45) is 5.41 Å². The molecule has 0 radical (unpaired) electrons. The molecule has 0 unspecified atom stereocenters. The Morgan fingerprint density at radius 2 is 2.00 bits per heavy atom. The molecule has 0 rings (SSSR count). The predicted octanol–water partition coefficient (Wildman–Crippen LogP) is 2.25. The van der Waals surface area contributed by atoms with Gasteiger partial charge >= 0.3 is 0 Å². The summed E-state index contributed by atoms with van der Waals surface area (Å²) in [4.78, 5) is 0. The summed E-state index contributed by atoms with van der Waals surface area (Å²) in [6, 6.07) is 3.02. The van der Waals surface area contributed by atoms with Gasteiger partial charge in [-0.05, 0) is 11.5 Å². The molecule has 0 saturated heterocycles. The average Bonchev–Trinajstić information content (AvgIpc) is 1.85. The third-order valence-electron chi connectivity index (χ3n) is 1.54. The van der Waals surface area contributed by atoms with Gasteiger partial charge in [-0.3, -0.25) is 0 Å². The molecule has 68 valence electrons. The Kier molecular flexibility index (Phi) is 6.29. The molecule has 11 heavy (non-hydrogen) atoms. The second-order valence-electron chi connectivity index (χ2n) is 4.04. The first-order chi connectivity index (χ1) is 5.06. The molecule has 0 aromatic carbocycles. The van der Waals surface area contributed by atoms with E-state index < -0.39 is 0 Å². The van der Waals surface area contributed by atoms with Gasteiger partial charge in [-0.15, -0.1) is 0 Å². The quantitative estimate of drug-likeness (QED) is 0.371. The van der Waals surface area contributed by atoms with E-state index >= 15 is 0 Å². The Morgan fingerprint density at radius 1 is 1.36 bits per heavy atom. The number of hydrogen-bond donors (Lipinski definition) is 0. The molecule has 0 aliphatic rings. The minimum atomic E-state index is 0.103. The summed E-state index contributed by atoms with van der Waals surface area (Å²) in [5, 5.41) is 0. The molecule has 0 heterocycles. The Morgan fingerprint density at radius 3 is 2.45 bits per heavy atom. The highest BCUT2D eigenvalue weighted by Gasteiger charge is 2.08. The van der Waals surface area contributed by atoms with Gasteiger partial charge in [0.25, 0.3) is 0 Å². The lowest BCUT2D eigenvalue weighted by molar-refractivity contribution is 0.195. The van der Waals surface area contributed by atoms with Crippen LogP contribution >= 0.6 is 11.6 Å². The molecule has 0 aromatic heterocycles. The first-order valence-corrected chi connectivity index (χ1v) is 6.73. The first kappa shape index (κ1) is 11.5. The zero-order valence-electron chi connectivity index (χ0n) is 7.82. The van der Waals surface area contributed by atoms with Gasteiger partial charge < -0.3 is 4.74 Å². The number of ether oxygens (including phenoxy) is 1. The van der Waals surface area contributed by atoms with Crippen LogP contribution in [0.5, 0.6) is 0 Å². The summed E-state index contributed by atoms with van der Waals surface area (Å²) >= 11 is 5.36. The smallest absolute Gasteiger partial charge is 0.120 e. The molecule has 0 saturated carbocycles. The van der Waals surface area contributed by atoms with Gasteiger partial charge in [0.2, 0.25) is 0 Å². The van der Waals surface area contributed by atoms with E-state index in [1.54, 1.807) is 0 Å². The summed E-state index contributed by atoms with van der Waals surface area (Å²) in [6.45, 7) is 7.75. The van der Waals surface area contributed by atoms with E-state index in [9.17, 15) is 0 Å². The molecular formula is C8H19ClOSi. The fourth-order valence-corrected chi connectivity index (χ4v) is 2.74. The molecule has 0 N–H and O–H groups in total. The Bertz CT molecular complexity index is 90.6. The topological polar surface area (TPSA) is 9.23 Å². The highest BCUT2D eigenvalue weighted by molar-refractivity contribution is 6.35. The normalized spacial score (nSPS) is 13.1. The second kappa shape index (κ2) is 6.04. The van der Waals surface area contributed by atoms with Gasteiger partial charge in [-0.25, -0.2) is 0 Å². The van der Waals surface area contributed by atoms with E-state index in [0.29, 0.717) is 11.5 Å². The zero-order valence-corrected chi connectivity index (χ0v) is 9.99. The van der Waals surface area contributed by atoms with E-state index in [1.165, 1.54) is 12.1 Å². The Labute approximate surface area is 77.3 Å². The molecule has 0 aliphatic carbocycles. The van der Waals surface area contributed by atoms with E-state index in [1.807, 2.05) is 0 Å². The van der Waals surface area contributed by atoms with Gasteiger partial charge in [0, 0.05) is 16.1 Å². The van der Waals surface area contributed by atoms with Crippen LogP contribution < -0.4 is 0 Å². The van der Waals surface area contributed by atoms with Crippen LogP contribution in [0.2, 0.25) is 12.1 Å². The van der Waals surface area contributed by atoms with Gasteiger partial charge in [0.15, 0.2) is 0 Å². The largest absolute Gasteiger partial charge is 0.366 e. The summed E-state index contributed by atoms with van der Waals surface area (Å²) in [6.07, 6.45) is 0. The van der Waals surface area contributed by atoms with Crippen molar-refractivity contribution >= 4 is 21.1 Å². The van der Waals surface area contributed by atoms with Gasteiger partial charge in [-0.1, -0.05) is 38.4 Å².